The van der Waals surface area contributed by atoms with Crippen LogP contribution < -0.4 is 5.32 Å². The lowest BCUT2D eigenvalue weighted by atomic mass is 10.1. The van der Waals surface area contributed by atoms with E-state index in [0.717, 1.165) is 0 Å². The molecule has 1 aromatic rings. The summed E-state index contributed by atoms with van der Waals surface area (Å²) in [6, 6.07) is 4.29. The molecule has 1 N–H and O–H groups in total. The van der Waals surface area contributed by atoms with Crippen LogP contribution >= 0.6 is 0 Å². The van der Waals surface area contributed by atoms with Crippen LogP contribution in [0.1, 0.15) is 18.9 Å². The van der Waals surface area contributed by atoms with E-state index in [-0.39, 0.29) is 25.0 Å². The van der Waals surface area contributed by atoms with Crippen molar-refractivity contribution in [3.8, 4) is 0 Å². The van der Waals surface area contributed by atoms with E-state index in [1.54, 1.807) is 13.0 Å². The first kappa shape index (κ1) is 14.9. The summed E-state index contributed by atoms with van der Waals surface area (Å²) in [5.74, 6) is -0.927. The molecule has 104 valence electrons. The van der Waals surface area contributed by atoms with Crippen molar-refractivity contribution in [2.24, 2.45) is 0 Å². The zero-order chi connectivity index (χ0) is 14.3. The van der Waals surface area contributed by atoms with Crippen molar-refractivity contribution < 1.29 is 23.5 Å². The van der Waals surface area contributed by atoms with E-state index in [0.29, 0.717) is 5.69 Å². The smallest absolute Gasteiger partial charge is 0.411 e. The third-order valence-corrected chi connectivity index (χ3v) is 2.44. The van der Waals surface area contributed by atoms with Gasteiger partial charge in [-0.05, 0) is 25.5 Å². The summed E-state index contributed by atoms with van der Waals surface area (Å²) in [5, 5.41) is 2.44. The minimum atomic E-state index is -0.660. The number of ether oxygens (including phenoxy) is 2. The normalized spacial score (nSPS) is 9.84. The van der Waals surface area contributed by atoms with E-state index in [1.165, 1.54) is 19.2 Å². The van der Waals surface area contributed by atoms with Gasteiger partial charge in [0.25, 0.3) is 0 Å². The Bertz CT molecular complexity index is 462. The molecular formula is C13H16FNO4. The van der Waals surface area contributed by atoms with Crippen LogP contribution in [0, 0.1) is 5.82 Å². The van der Waals surface area contributed by atoms with Gasteiger partial charge in [-0.2, -0.15) is 0 Å². The number of benzene rings is 1. The molecule has 19 heavy (non-hydrogen) atoms. The molecule has 1 amide bonds. The Hall–Kier alpha value is -2.11. The summed E-state index contributed by atoms with van der Waals surface area (Å²) in [7, 11) is 1.27. The molecule has 6 heteroatoms. The number of esters is 1. The number of amides is 1. The number of carbonyl (C=O) groups excluding carboxylic acids is 2. The molecule has 0 fully saturated rings. The number of halogens is 1. The van der Waals surface area contributed by atoms with Crippen molar-refractivity contribution in [1.82, 2.24) is 0 Å². The molecule has 1 rings (SSSR count). The van der Waals surface area contributed by atoms with Crippen LogP contribution in [0.2, 0.25) is 0 Å². The van der Waals surface area contributed by atoms with E-state index >= 15 is 0 Å². The number of hydrogen-bond acceptors (Lipinski definition) is 4. The fraction of sp³-hybridized carbons (Fsp3) is 0.385. The summed E-state index contributed by atoms with van der Waals surface area (Å²) in [4.78, 5) is 22.4. The van der Waals surface area contributed by atoms with Crippen molar-refractivity contribution in [1.29, 1.82) is 0 Å². The number of hydrogen-bond donors (Lipinski definition) is 1. The van der Waals surface area contributed by atoms with Gasteiger partial charge in [-0.3, -0.25) is 10.1 Å². The van der Waals surface area contributed by atoms with Gasteiger partial charge in [-0.1, -0.05) is 6.07 Å². The fourth-order valence-corrected chi connectivity index (χ4v) is 1.54. The Morgan fingerprint density at radius 3 is 2.74 bits per heavy atom. The highest BCUT2D eigenvalue weighted by molar-refractivity contribution is 5.85. The highest BCUT2D eigenvalue weighted by Gasteiger charge is 2.13. The summed E-state index contributed by atoms with van der Waals surface area (Å²) < 4.78 is 22.9. The van der Waals surface area contributed by atoms with E-state index in [9.17, 15) is 14.0 Å². The minimum Gasteiger partial charge on any atom is -0.469 e. The molecule has 0 saturated carbocycles. The number of anilines is 1. The third-order valence-electron chi connectivity index (χ3n) is 2.44. The molecule has 1 aromatic carbocycles. The van der Waals surface area contributed by atoms with Gasteiger partial charge in [0.05, 0.1) is 19.4 Å². The van der Waals surface area contributed by atoms with Crippen LogP contribution in [0.5, 0.6) is 0 Å². The van der Waals surface area contributed by atoms with Crippen molar-refractivity contribution in [2.75, 3.05) is 19.0 Å². The lowest BCUT2D eigenvalue weighted by molar-refractivity contribution is -0.140. The number of methoxy groups -OCH3 is 1. The molecule has 0 spiro atoms. The standard InChI is InChI=1S/C13H16FNO4/c1-3-19-13(17)15-11-6-4-5-10(14)9(11)7-8-12(16)18-2/h4-6H,3,7-8H2,1-2H3,(H,15,17). The van der Waals surface area contributed by atoms with E-state index in [1.807, 2.05) is 0 Å². The zero-order valence-electron chi connectivity index (χ0n) is 10.9. The molecule has 5 nitrogen and oxygen atoms in total. The van der Waals surface area contributed by atoms with Gasteiger partial charge >= 0.3 is 12.1 Å². The lowest BCUT2D eigenvalue weighted by Crippen LogP contribution is -2.15. The fourth-order valence-electron chi connectivity index (χ4n) is 1.54. The largest absolute Gasteiger partial charge is 0.469 e. The van der Waals surface area contributed by atoms with Crippen LogP contribution in [0.25, 0.3) is 0 Å². The summed E-state index contributed by atoms with van der Waals surface area (Å²) >= 11 is 0. The van der Waals surface area contributed by atoms with E-state index < -0.39 is 17.9 Å². The van der Waals surface area contributed by atoms with Crippen LogP contribution in [-0.2, 0) is 20.7 Å². The van der Waals surface area contributed by atoms with Gasteiger partial charge in [-0.15, -0.1) is 0 Å². The quantitative estimate of drug-likeness (QED) is 0.834. The van der Waals surface area contributed by atoms with Crippen molar-refractivity contribution in [2.45, 2.75) is 19.8 Å². The molecule has 0 aliphatic carbocycles. The lowest BCUT2D eigenvalue weighted by Gasteiger charge is -2.11. The summed E-state index contributed by atoms with van der Waals surface area (Å²) in [6.07, 6.45) is -0.483. The SMILES string of the molecule is CCOC(=O)Nc1cccc(F)c1CCC(=O)OC. The first-order valence-electron chi connectivity index (χ1n) is 5.86. The van der Waals surface area contributed by atoms with Crippen molar-refractivity contribution >= 4 is 17.7 Å². The van der Waals surface area contributed by atoms with Crippen LogP contribution in [0.4, 0.5) is 14.9 Å². The Balaban J connectivity index is 2.82. The van der Waals surface area contributed by atoms with Crippen LogP contribution in [0.3, 0.4) is 0 Å². The highest BCUT2D eigenvalue weighted by Crippen LogP contribution is 2.21. The Morgan fingerprint density at radius 2 is 2.11 bits per heavy atom. The average molecular weight is 269 g/mol. The van der Waals surface area contributed by atoms with Gasteiger partial charge in [0.2, 0.25) is 0 Å². The third kappa shape index (κ3) is 4.57. The maximum absolute atomic E-state index is 13.7. The molecule has 0 heterocycles. The van der Waals surface area contributed by atoms with Gasteiger partial charge in [0, 0.05) is 12.0 Å². The first-order valence-corrected chi connectivity index (χ1v) is 5.86. The van der Waals surface area contributed by atoms with E-state index in [4.69, 9.17) is 4.74 Å². The summed E-state index contributed by atoms with van der Waals surface area (Å²) in [5.41, 5.74) is 0.545. The second-order valence-corrected chi connectivity index (χ2v) is 3.69. The topological polar surface area (TPSA) is 64.6 Å². The van der Waals surface area contributed by atoms with Gasteiger partial charge in [-0.25, -0.2) is 9.18 Å². The Morgan fingerprint density at radius 1 is 1.37 bits per heavy atom. The number of rotatable bonds is 5. The van der Waals surface area contributed by atoms with Crippen LogP contribution in [-0.4, -0.2) is 25.8 Å². The predicted octanol–water partition coefficient (Wildman–Crippen LogP) is 2.50. The molecular weight excluding hydrogens is 253 g/mol. The zero-order valence-corrected chi connectivity index (χ0v) is 10.9. The second-order valence-electron chi connectivity index (χ2n) is 3.69. The van der Waals surface area contributed by atoms with Gasteiger partial charge < -0.3 is 9.47 Å². The predicted molar refractivity (Wildman–Crippen MR) is 67.4 cm³/mol. The molecule has 0 unspecified atom stereocenters. The van der Waals surface area contributed by atoms with Gasteiger partial charge in [0.1, 0.15) is 5.82 Å². The average Bonchev–Trinajstić information content (AvgIpc) is 2.38. The molecule has 0 aliphatic heterocycles. The van der Waals surface area contributed by atoms with Crippen molar-refractivity contribution in [3.05, 3.63) is 29.6 Å². The first-order chi connectivity index (χ1) is 9.08. The maximum Gasteiger partial charge on any atom is 0.411 e. The molecule has 0 atom stereocenters. The molecule has 0 radical (unpaired) electrons. The molecule has 0 saturated heterocycles. The van der Waals surface area contributed by atoms with Crippen molar-refractivity contribution in [3.63, 3.8) is 0 Å². The highest BCUT2D eigenvalue weighted by atomic mass is 19.1. The van der Waals surface area contributed by atoms with Gasteiger partial charge in [0.15, 0.2) is 0 Å². The molecule has 0 aliphatic rings. The molecule has 0 aromatic heterocycles. The Labute approximate surface area is 110 Å². The molecule has 0 bridgehead atoms. The Kier molecular flexibility index (Phi) is 5.78. The van der Waals surface area contributed by atoms with Crippen LogP contribution in [0.15, 0.2) is 18.2 Å². The van der Waals surface area contributed by atoms with E-state index in [2.05, 4.69) is 10.1 Å². The minimum absolute atomic E-state index is 0.0366. The maximum atomic E-state index is 13.7. The monoisotopic (exact) mass is 269 g/mol. The summed E-state index contributed by atoms with van der Waals surface area (Å²) in [6.45, 7) is 1.89. The number of nitrogens with one attached hydrogen (secondary N) is 1. The number of carbonyl (C=O) groups is 2. The second kappa shape index (κ2) is 7.35.